The predicted molar refractivity (Wildman–Crippen MR) is 109 cm³/mol. The van der Waals surface area contributed by atoms with Crippen LogP contribution in [0.2, 0.25) is 0 Å². The summed E-state index contributed by atoms with van der Waals surface area (Å²) in [6, 6.07) is 9.43. The zero-order valence-corrected chi connectivity index (χ0v) is 17.4. The van der Waals surface area contributed by atoms with E-state index in [0.29, 0.717) is 34.8 Å². The smallest absolute Gasteiger partial charge is 0.227 e. The van der Waals surface area contributed by atoms with Crippen molar-refractivity contribution in [2.45, 2.75) is 18.0 Å². The maximum Gasteiger partial charge on any atom is 0.227 e. The van der Waals surface area contributed by atoms with Gasteiger partial charge in [-0.25, -0.2) is 0 Å². The van der Waals surface area contributed by atoms with Crippen LogP contribution in [0.25, 0.3) is 16.4 Å². The van der Waals surface area contributed by atoms with Gasteiger partial charge in [-0.15, -0.1) is 16.4 Å². The van der Waals surface area contributed by atoms with Crippen LogP contribution in [-0.2, 0) is 6.42 Å². The minimum atomic E-state index is 0.628. The van der Waals surface area contributed by atoms with Crippen molar-refractivity contribution in [3.05, 3.63) is 41.6 Å². The first-order valence-electron chi connectivity index (χ1n) is 8.78. The van der Waals surface area contributed by atoms with Crippen molar-refractivity contribution in [2.24, 2.45) is 0 Å². The first-order valence-corrected chi connectivity index (χ1v) is 10.6. The fourth-order valence-electron chi connectivity index (χ4n) is 2.63. The van der Waals surface area contributed by atoms with Gasteiger partial charge < -0.3 is 14.0 Å². The van der Waals surface area contributed by atoms with Crippen molar-refractivity contribution in [3.8, 4) is 27.9 Å². The van der Waals surface area contributed by atoms with Crippen molar-refractivity contribution in [1.82, 2.24) is 30.3 Å². The quantitative estimate of drug-likeness (QED) is 0.291. The Hall–Kier alpha value is -2.92. The molecule has 0 aliphatic carbocycles. The fraction of sp³-hybridized carbons (Fsp3) is 0.278. The van der Waals surface area contributed by atoms with Gasteiger partial charge in [0.05, 0.1) is 19.1 Å². The summed E-state index contributed by atoms with van der Waals surface area (Å²) in [4.78, 5) is 5.44. The fourth-order valence-corrected chi connectivity index (χ4v) is 4.10. The molecule has 0 aliphatic rings. The molecular weight excluding hydrogens is 412 g/mol. The number of rotatable bonds is 9. The molecule has 0 unspecified atom stereocenters. The highest BCUT2D eigenvalue weighted by atomic mass is 32.2. The lowest BCUT2D eigenvalue weighted by Crippen LogP contribution is -2.03. The number of benzene rings is 1. The molecule has 0 radical (unpaired) electrons. The number of methoxy groups -OCH3 is 2. The Labute approximate surface area is 175 Å². The Morgan fingerprint density at radius 3 is 2.93 bits per heavy atom. The van der Waals surface area contributed by atoms with Gasteiger partial charge in [0.1, 0.15) is 17.2 Å². The van der Waals surface area contributed by atoms with E-state index in [4.69, 9.17) is 14.0 Å². The van der Waals surface area contributed by atoms with Crippen LogP contribution in [-0.4, -0.2) is 50.3 Å². The van der Waals surface area contributed by atoms with E-state index in [0.717, 1.165) is 22.7 Å². The summed E-state index contributed by atoms with van der Waals surface area (Å²) in [5.74, 6) is 3.42. The molecule has 0 N–H and O–H groups in total. The highest BCUT2D eigenvalue weighted by Crippen LogP contribution is 2.30. The molecule has 1 aromatic carbocycles. The average Bonchev–Trinajstić information content (AvgIpc) is 3.52. The van der Waals surface area contributed by atoms with Crippen molar-refractivity contribution in [1.29, 1.82) is 0 Å². The molecule has 9 nitrogen and oxygen atoms in total. The third-order valence-electron chi connectivity index (χ3n) is 4.03. The summed E-state index contributed by atoms with van der Waals surface area (Å²) in [6.45, 7) is 0. The second-order valence-electron chi connectivity index (χ2n) is 5.85. The number of tetrazole rings is 1. The molecule has 4 rings (SSSR count). The number of nitrogens with zero attached hydrogens (tertiary/aromatic N) is 6. The van der Waals surface area contributed by atoms with Crippen LogP contribution in [0.5, 0.6) is 11.5 Å². The Morgan fingerprint density at radius 2 is 2.14 bits per heavy atom. The van der Waals surface area contributed by atoms with Crippen molar-refractivity contribution >= 4 is 23.1 Å². The molecule has 0 amide bonds. The van der Waals surface area contributed by atoms with Crippen LogP contribution in [0.3, 0.4) is 0 Å². The van der Waals surface area contributed by atoms with E-state index in [1.165, 1.54) is 0 Å². The molecular formula is C18H18N6O3S2. The van der Waals surface area contributed by atoms with E-state index in [9.17, 15) is 0 Å². The summed E-state index contributed by atoms with van der Waals surface area (Å²) in [6.07, 6.45) is 1.54. The number of hydrogen-bond acceptors (Lipinski definition) is 10. The average molecular weight is 431 g/mol. The van der Waals surface area contributed by atoms with Gasteiger partial charge in [0, 0.05) is 18.2 Å². The van der Waals surface area contributed by atoms with E-state index < -0.39 is 0 Å². The number of thiophene rings is 1. The molecule has 0 fully saturated rings. The van der Waals surface area contributed by atoms with E-state index in [2.05, 4.69) is 25.7 Å². The predicted octanol–water partition coefficient (Wildman–Crippen LogP) is 3.52. The first-order chi connectivity index (χ1) is 14.3. The third kappa shape index (κ3) is 4.40. The van der Waals surface area contributed by atoms with Gasteiger partial charge in [0.2, 0.25) is 16.9 Å². The minimum Gasteiger partial charge on any atom is -0.497 e. The summed E-state index contributed by atoms with van der Waals surface area (Å²) in [5, 5.41) is 18.7. The molecule has 150 valence electrons. The molecule has 0 saturated carbocycles. The van der Waals surface area contributed by atoms with E-state index >= 15 is 0 Å². The van der Waals surface area contributed by atoms with Crippen molar-refractivity contribution < 1.29 is 14.0 Å². The number of ether oxygens (including phenoxy) is 2. The van der Waals surface area contributed by atoms with Gasteiger partial charge in [-0.2, -0.15) is 9.67 Å². The van der Waals surface area contributed by atoms with Gasteiger partial charge in [0.25, 0.3) is 0 Å². The summed E-state index contributed by atoms with van der Waals surface area (Å²) < 4.78 is 17.7. The standard InChI is InChI=1S/C18H18N6O3S2/c1-25-12-7-8-14(26-2)13(11-12)24-18(20-22-23-24)29-10-4-6-16-19-17(21-27-16)15-5-3-9-28-15/h3,5,7-9,11H,4,6,10H2,1-2H3. The monoisotopic (exact) mass is 430 g/mol. The lowest BCUT2D eigenvalue weighted by atomic mass is 10.3. The molecule has 3 heterocycles. The molecule has 3 aromatic heterocycles. The maximum atomic E-state index is 5.43. The lowest BCUT2D eigenvalue weighted by Gasteiger charge is -2.11. The molecule has 0 bridgehead atoms. The summed E-state index contributed by atoms with van der Waals surface area (Å²) in [5.41, 5.74) is 0.719. The van der Waals surface area contributed by atoms with Gasteiger partial charge in [0.15, 0.2) is 0 Å². The SMILES string of the molecule is COc1ccc(OC)c(-n2nnnc2SCCCc2nc(-c3cccs3)no2)c1. The summed E-state index contributed by atoms with van der Waals surface area (Å²) >= 11 is 3.14. The van der Waals surface area contributed by atoms with Crippen LogP contribution in [0.1, 0.15) is 12.3 Å². The topological polar surface area (TPSA) is 101 Å². The minimum absolute atomic E-state index is 0.628. The number of aromatic nitrogens is 6. The highest BCUT2D eigenvalue weighted by Gasteiger charge is 2.15. The Kier molecular flexibility index (Phi) is 6.06. The normalized spacial score (nSPS) is 11.0. The highest BCUT2D eigenvalue weighted by molar-refractivity contribution is 7.99. The van der Waals surface area contributed by atoms with Crippen molar-refractivity contribution in [3.63, 3.8) is 0 Å². The van der Waals surface area contributed by atoms with Crippen LogP contribution in [0.4, 0.5) is 0 Å². The van der Waals surface area contributed by atoms with Crippen molar-refractivity contribution in [2.75, 3.05) is 20.0 Å². The van der Waals surface area contributed by atoms with Gasteiger partial charge in [-0.3, -0.25) is 0 Å². The van der Waals surface area contributed by atoms with Gasteiger partial charge >= 0.3 is 0 Å². The number of hydrogen-bond donors (Lipinski definition) is 0. The second-order valence-corrected chi connectivity index (χ2v) is 7.86. The second kappa shape index (κ2) is 9.05. The summed E-state index contributed by atoms with van der Waals surface area (Å²) in [7, 11) is 3.22. The van der Waals surface area contributed by atoms with Crippen LogP contribution >= 0.6 is 23.1 Å². The van der Waals surface area contributed by atoms with Crippen LogP contribution in [0.15, 0.2) is 45.4 Å². The number of aryl methyl sites for hydroxylation is 1. The molecule has 0 spiro atoms. The zero-order valence-electron chi connectivity index (χ0n) is 15.8. The molecule has 11 heteroatoms. The van der Waals surface area contributed by atoms with E-state index in [-0.39, 0.29) is 0 Å². The molecule has 4 aromatic rings. The molecule has 0 aliphatic heterocycles. The van der Waals surface area contributed by atoms with E-state index in [1.54, 1.807) is 42.0 Å². The van der Waals surface area contributed by atoms with Crippen LogP contribution < -0.4 is 9.47 Å². The van der Waals surface area contributed by atoms with Gasteiger partial charge in [-0.05, 0) is 40.4 Å². The maximum absolute atomic E-state index is 5.43. The third-order valence-corrected chi connectivity index (χ3v) is 5.90. The first kappa shape index (κ1) is 19.4. The lowest BCUT2D eigenvalue weighted by molar-refractivity contribution is 0.378. The number of thioether (sulfide) groups is 1. The Balaban J connectivity index is 1.38. The molecule has 0 saturated heterocycles. The molecule has 0 atom stereocenters. The Bertz CT molecular complexity index is 1060. The largest absolute Gasteiger partial charge is 0.497 e. The molecule has 29 heavy (non-hydrogen) atoms. The van der Waals surface area contributed by atoms with Crippen LogP contribution in [0, 0.1) is 0 Å². The van der Waals surface area contributed by atoms with E-state index in [1.807, 2.05) is 35.7 Å². The zero-order chi connectivity index (χ0) is 20.1. The Morgan fingerprint density at radius 1 is 1.21 bits per heavy atom. The van der Waals surface area contributed by atoms with Gasteiger partial charge in [-0.1, -0.05) is 23.0 Å².